The van der Waals surface area contributed by atoms with E-state index in [4.69, 9.17) is 5.73 Å². The molecule has 13 heavy (non-hydrogen) atoms. The fraction of sp³-hybridized carbons (Fsp3) is 0.556. The zero-order chi connectivity index (χ0) is 9.84. The minimum Gasteiger partial charge on any atom is -0.329 e. The van der Waals surface area contributed by atoms with E-state index in [0.717, 1.165) is 0 Å². The Labute approximate surface area is 83.5 Å². The summed E-state index contributed by atoms with van der Waals surface area (Å²) in [7, 11) is 3.96. The van der Waals surface area contributed by atoms with Crippen molar-refractivity contribution in [1.82, 2.24) is 10.4 Å². The number of hydrazine groups is 1. The second-order valence-corrected chi connectivity index (χ2v) is 4.23. The summed E-state index contributed by atoms with van der Waals surface area (Å²) in [6.07, 6.45) is 0. The van der Waals surface area contributed by atoms with E-state index in [0.29, 0.717) is 6.54 Å². The Bertz CT molecular complexity index is 257. The Hall–Kier alpha value is -0.420. The van der Waals surface area contributed by atoms with Gasteiger partial charge in [0.05, 0.1) is 6.04 Å². The lowest BCUT2D eigenvalue weighted by atomic mass is 10.2. The Kier molecular flexibility index (Phi) is 3.87. The van der Waals surface area contributed by atoms with Gasteiger partial charge in [-0.3, -0.25) is 0 Å². The van der Waals surface area contributed by atoms with Gasteiger partial charge in [-0.2, -0.15) is 0 Å². The Balaban J connectivity index is 2.72. The highest BCUT2D eigenvalue weighted by atomic mass is 32.1. The van der Waals surface area contributed by atoms with Gasteiger partial charge in [-0.1, -0.05) is 0 Å². The monoisotopic (exact) mass is 199 g/mol. The molecule has 1 aromatic heterocycles. The first kappa shape index (κ1) is 10.7. The maximum atomic E-state index is 5.70. The highest BCUT2D eigenvalue weighted by Gasteiger charge is 2.13. The molecular weight excluding hydrogens is 182 g/mol. The van der Waals surface area contributed by atoms with Crippen molar-refractivity contribution in [3.05, 3.63) is 21.9 Å². The Morgan fingerprint density at radius 3 is 2.69 bits per heavy atom. The van der Waals surface area contributed by atoms with Gasteiger partial charge in [0, 0.05) is 25.5 Å². The van der Waals surface area contributed by atoms with E-state index in [9.17, 15) is 0 Å². The topological polar surface area (TPSA) is 41.3 Å². The molecule has 0 fully saturated rings. The van der Waals surface area contributed by atoms with Gasteiger partial charge in [0.15, 0.2) is 0 Å². The lowest BCUT2D eigenvalue weighted by molar-refractivity contribution is 0.247. The molecule has 74 valence electrons. The normalized spacial score (nSPS) is 13.6. The molecule has 0 aliphatic rings. The van der Waals surface area contributed by atoms with Crippen molar-refractivity contribution in [2.45, 2.75) is 13.0 Å². The summed E-state index contributed by atoms with van der Waals surface area (Å²) in [4.78, 5) is 1.33. The van der Waals surface area contributed by atoms with Crippen LogP contribution in [0.4, 0.5) is 0 Å². The largest absolute Gasteiger partial charge is 0.329 e. The smallest absolute Gasteiger partial charge is 0.0682 e. The van der Waals surface area contributed by atoms with Crippen LogP contribution in [0, 0.1) is 6.92 Å². The number of aryl methyl sites for hydroxylation is 1. The van der Waals surface area contributed by atoms with E-state index in [-0.39, 0.29) is 6.04 Å². The van der Waals surface area contributed by atoms with Crippen molar-refractivity contribution in [3.8, 4) is 0 Å². The molecule has 0 saturated carbocycles. The van der Waals surface area contributed by atoms with Gasteiger partial charge >= 0.3 is 0 Å². The molecule has 1 unspecified atom stereocenters. The number of hydrogen-bond acceptors (Lipinski definition) is 4. The molecule has 0 aromatic carbocycles. The highest BCUT2D eigenvalue weighted by molar-refractivity contribution is 7.10. The molecule has 1 heterocycles. The van der Waals surface area contributed by atoms with Crippen LogP contribution in [0.5, 0.6) is 0 Å². The van der Waals surface area contributed by atoms with E-state index in [1.165, 1.54) is 10.4 Å². The first-order valence-electron chi connectivity index (χ1n) is 4.32. The third-order valence-electron chi connectivity index (χ3n) is 1.87. The molecule has 0 amide bonds. The third-order valence-corrected chi connectivity index (χ3v) is 3.00. The summed E-state index contributed by atoms with van der Waals surface area (Å²) in [5.74, 6) is 0. The van der Waals surface area contributed by atoms with Crippen LogP contribution < -0.4 is 11.2 Å². The van der Waals surface area contributed by atoms with Crippen LogP contribution in [0.15, 0.2) is 11.4 Å². The van der Waals surface area contributed by atoms with Crippen molar-refractivity contribution in [3.63, 3.8) is 0 Å². The number of nitrogens with one attached hydrogen (secondary N) is 1. The van der Waals surface area contributed by atoms with Crippen molar-refractivity contribution < 1.29 is 0 Å². The van der Waals surface area contributed by atoms with Crippen LogP contribution in [0.3, 0.4) is 0 Å². The molecule has 0 bridgehead atoms. The lowest BCUT2D eigenvalue weighted by Crippen LogP contribution is -2.37. The second-order valence-electron chi connectivity index (χ2n) is 3.28. The molecule has 0 aliphatic heterocycles. The maximum absolute atomic E-state index is 5.70. The molecule has 3 N–H and O–H groups in total. The average Bonchev–Trinajstić information content (AvgIpc) is 2.47. The quantitative estimate of drug-likeness (QED) is 0.714. The molecular formula is C9H17N3S. The van der Waals surface area contributed by atoms with Crippen molar-refractivity contribution in [2.75, 3.05) is 20.6 Å². The predicted molar refractivity (Wildman–Crippen MR) is 57.7 cm³/mol. The first-order valence-corrected chi connectivity index (χ1v) is 5.20. The zero-order valence-electron chi connectivity index (χ0n) is 8.37. The molecule has 0 saturated heterocycles. The van der Waals surface area contributed by atoms with E-state index in [1.54, 1.807) is 11.3 Å². The molecule has 4 heteroatoms. The minimum atomic E-state index is 0.245. The molecule has 1 rings (SSSR count). The molecule has 0 radical (unpaired) electrons. The van der Waals surface area contributed by atoms with Gasteiger partial charge in [0.2, 0.25) is 0 Å². The standard InChI is InChI=1S/C9H17N3S/c1-7-4-5-13-9(7)8(6-10)11-12(2)3/h4-5,8,11H,6,10H2,1-3H3. The SMILES string of the molecule is Cc1ccsc1C(CN)NN(C)C. The molecule has 0 spiro atoms. The van der Waals surface area contributed by atoms with Gasteiger partial charge < -0.3 is 5.73 Å². The fourth-order valence-electron chi connectivity index (χ4n) is 1.27. The lowest BCUT2D eigenvalue weighted by Gasteiger charge is -2.21. The third kappa shape index (κ3) is 2.77. The van der Waals surface area contributed by atoms with Gasteiger partial charge in [-0.25, -0.2) is 10.4 Å². The molecule has 3 nitrogen and oxygen atoms in total. The zero-order valence-corrected chi connectivity index (χ0v) is 9.19. The first-order chi connectivity index (χ1) is 6.15. The van der Waals surface area contributed by atoms with Crippen LogP contribution >= 0.6 is 11.3 Å². The summed E-state index contributed by atoms with van der Waals surface area (Å²) in [5, 5.41) is 4.04. The molecule has 0 aliphatic carbocycles. The number of nitrogens with two attached hydrogens (primary N) is 1. The van der Waals surface area contributed by atoms with Gasteiger partial charge in [-0.05, 0) is 23.9 Å². The average molecular weight is 199 g/mol. The van der Waals surface area contributed by atoms with Crippen LogP contribution in [-0.2, 0) is 0 Å². The second kappa shape index (κ2) is 4.72. The van der Waals surface area contributed by atoms with Crippen LogP contribution in [0.1, 0.15) is 16.5 Å². The van der Waals surface area contributed by atoms with Gasteiger partial charge in [-0.15, -0.1) is 11.3 Å². The van der Waals surface area contributed by atoms with Crippen LogP contribution in [-0.4, -0.2) is 25.6 Å². The van der Waals surface area contributed by atoms with Crippen molar-refractivity contribution in [2.24, 2.45) is 5.73 Å². The summed E-state index contributed by atoms with van der Waals surface area (Å²) < 4.78 is 0. The Morgan fingerprint density at radius 1 is 1.62 bits per heavy atom. The van der Waals surface area contributed by atoms with E-state index >= 15 is 0 Å². The summed E-state index contributed by atoms with van der Waals surface area (Å²) >= 11 is 1.76. The van der Waals surface area contributed by atoms with Gasteiger partial charge in [0.25, 0.3) is 0 Å². The highest BCUT2D eigenvalue weighted by Crippen LogP contribution is 2.22. The summed E-state index contributed by atoms with van der Waals surface area (Å²) in [6.45, 7) is 2.74. The van der Waals surface area contributed by atoms with Crippen LogP contribution in [0.2, 0.25) is 0 Å². The van der Waals surface area contributed by atoms with Gasteiger partial charge in [0.1, 0.15) is 0 Å². The molecule has 1 atom stereocenters. The number of nitrogens with zero attached hydrogens (tertiary/aromatic N) is 1. The number of thiophene rings is 1. The van der Waals surface area contributed by atoms with E-state index in [1.807, 2.05) is 19.1 Å². The predicted octanol–water partition coefficient (Wildman–Crippen LogP) is 1.12. The maximum Gasteiger partial charge on any atom is 0.0682 e. The fourth-order valence-corrected chi connectivity index (χ4v) is 2.26. The minimum absolute atomic E-state index is 0.245. The van der Waals surface area contributed by atoms with E-state index < -0.39 is 0 Å². The summed E-state index contributed by atoms with van der Waals surface area (Å²) in [5.41, 5.74) is 10.3. The van der Waals surface area contributed by atoms with Crippen molar-refractivity contribution >= 4 is 11.3 Å². The number of hydrogen-bond donors (Lipinski definition) is 2. The van der Waals surface area contributed by atoms with Crippen LogP contribution in [0.25, 0.3) is 0 Å². The number of rotatable bonds is 4. The van der Waals surface area contributed by atoms with E-state index in [2.05, 4.69) is 23.8 Å². The Morgan fingerprint density at radius 2 is 2.31 bits per heavy atom. The van der Waals surface area contributed by atoms with Crippen molar-refractivity contribution in [1.29, 1.82) is 0 Å². The molecule has 1 aromatic rings. The summed E-state index contributed by atoms with van der Waals surface area (Å²) in [6, 6.07) is 2.37.